The smallest absolute Gasteiger partial charge is 0.334 e. The van der Waals surface area contributed by atoms with Gasteiger partial charge in [-0.3, -0.25) is 4.79 Å². The van der Waals surface area contributed by atoms with Gasteiger partial charge in [-0.05, 0) is 13.3 Å². The number of aliphatic hydroxyl groups is 1. The number of ketones is 1. The van der Waals surface area contributed by atoms with Crippen LogP contribution in [-0.2, 0) is 19.1 Å². The van der Waals surface area contributed by atoms with Gasteiger partial charge in [0.05, 0.1) is 12.0 Å². The van der Waals surface area contributed by atoms with Gasteiger partial charge in [0.1, 0.15) is 18.0 Å². The topological polar surface area (TPSA) is 72.8 Å². The molecule has 0 amide bonds. The molecule has 3 aliphatic rings. The van der Waals surface area contributed by atoms with Gasteiger partial charge in [0.2, 0.25) is 0 Å². The maximum absolute atomic E-state index is 12.0. The molecule has 5 unspecified atom stereocenters. The Balaban J connectivity index is 2.10. The summed E-state index contributed by atoms with van der Waals surface area (Å²) in [5, 5.41) is 10.2. The van der Waals surface area contributed by atoms with Gasteiger partial charge in [0, 0.05) is 30.6 Å². The highest BCUT2D eigenvalue weighted by atomic mass is 16.6. The first-order valence-electron chi connectivity index (χ1n) is 6.24. The van der Waals surface area contributed by atoms with Crippen LogP contribution in [0, 0.1) is 11.8 Å². The van der Waals surface area contributed by atoms with E-state index in [9.17, 15) is 14.7 Å². The number of hydrogen-bond donors (Lipinski definition) is 1. The zero-order chi connectivity index (χ0) is 13.0. The monoisotopic (exact) mass is 252 g/mol. The highest BCUT2D eigenvalue weighted by molar-refractivity contribution is 5.97. The number of methoxy groups -OCH3 is 1. The Bertz CT molecular complexity index is 452. The van der Waals surface area contributed by atoms with Gasteiger partial charge in [-0.25, -0.2) is 4.79 Å². The summed E-state index contributed by atoms with van der Waals surface area (Å²) in [6.07, 6.45) is -0.780. The van der Waals surface area contributed by atoms with E-state index >= 15 is 0 Å². The number of ether oxygens (including phenoxy) is 2. The fourth-order valence-corrected chi connectivity index (χ4v) is 3.55. The minimum atomic E-state index is -0.860. The van der Waals surface area contributed by atoms with E-state index in [0.717, 1.165) is 0 Å². The van der Waals surface area contributed by atoms with Gasteiger partial charge >= 0.3 is 5.97 Å². The number of carbonyl (C=O) groups is 2. The number of hydrogen-bond acceptors (Lipinski definition) is 5. The van der Waals surface area contributed by atoms with Crippen molar-refractivity contribution in [2.75, 3.05) is 7.11 Å². The summed E-state index contributed by atoms with van der Waals surface area (Å²) in [4.78, 5) is 23.9. The molecule has 1 fully saturated rings. The molecule has 5 nitrogen and oxygen atoms in total. The predicted octanol–water partition coefficient (Wildman–Crippen LogP) is 0.213. The molecular formula is C13H16O5. The van der Waals surface area contributed by atoms with Gasteiger partial charge < -0.3 is 14.6 Å². The summed E-state index contributed by atoms with van der Waals surface area (Å²) < 4.78 is 10.5. The first-order chi connectivity index (χ1) is 8.56. The van der Waals surface area contributed by atoms with E-state index in [1.165, 1.54) is 7.11 Å². The second-order valence-electron chi connectivity index (χ2n) is 5.22. The van der Waals surface area contributed by atoms with Gasteiger partial charge in [-0.2, -0.15) is 0 Å². The first kappa shape index (κ1) is 11.9. The van der Waals surface area contributed by atoms with Crippen LogP contribution in [0.3, 0.4) is 0 Å². The molecular weight excluding hydrogens is 236 g/mol. The molecule has 0 bridgehead atoms. The van der Waals surface area contributed by atoms with Crippen molar-refractivity contribution in [1.29, 1.82) is 0 Å². The van der Waals surface area contributed by atoms with Crippen molar-refractivity contribution in [3.05, 3.63) is 11.1 Å². The Labute approximate surface area is 105 Å². The SMILES string of the molecule is COC1C2=C(C(=O)OC(C)C2O)C2CCC(=O)C21. The number of carbonyl (C=O) groups excluding carboxylic acids is 2. The third-order valence-electron chi connectivity index (χ3n) is 4.35. The molecule has 0 aromatic carbocycles. The molecule has 18 heavy (non-hydrogen) atoms. The molecule has 5 atom stereocenters. The standard InChI is InChI=1S/C13H16O5/c1-5-11(15)10-9(13(16)18-5)6-3-4-7(14)8(6)12(10)17-2/h5-6,8,11-12,15H,3-4H2,1-2H3. The number of esters is 1. The summed E-state index contributed by atoms with van der Waals surface area (Å²) in [7, 11) is 1.51. The van der Waals surface area contributed by atoms with Crippen molar-refractivity contribution in [2.45, 2.75) is 38.1 Å². The molecule has 1 saturated carbocycles. The summed E-state index contributed by atoms with van der Waals surface area (Å²) >= 11 is 0. The van der Waals surface area contributed by atoms with Crippen molar-refractivity contribution in [2.24, 2.45) is 11.8 Å². The third-order valence-corrected chi connectivity index (χ3v) is 4.35. The quantitative estimate of drug-likeness (QED) is 0.675. The fourth-order valence-electron chi connectivity index (χ4n) is 3.55. The normalized spacial score (nSPS) is 42.9. The number of fused-ring (bicyclic) bond motifs is 2. The number of aliphatic hydroxyl groups excluding tert-OH is 1. The van der Waals surface area contributed by atoms with E-state index in [4.69, 9.17) is 9.47 Å². The average Bonchev–Trinajstić information content (AvgIpc) is 2.85. The van der Waals surface area contributed by atoms with E-state index in [1.54, 1.807) is 6.92 Å². The van der Waals surface area contributed by atoms with Gasteiger partial charge in [-0.1, -0.05) is 0 Å². The van der Waals surface area contributed by atoms with Crippen LogP contribution in [-0.4, -0.2) is 42.3 Å². The van der Waals surface area contributed by atoms with Crippen LogP contribution in [0.25, 0.3) is 0 Å². The van der Waals surface area contributed by atoms with Crippen LogP contribution in [0.5, 0.6) is 0 Å². The summed E-state index contributed by atoms with van der Waals surface area (Å²) in [5.74, 6) is -0.722. The zero-order valence-electron chi connectivity index (χ0n) is 10.4. The van der Waals surface area contributed by atoms with E-state index < -0.39 is 24.3 Å². The number of cyclic esters (lactones) is 1. The van der Waals surface area contributed by atoms with Gasteiger partial charge in [0.25, 0.3) is 0 Å². The third kappa shape index (κ3) is 1.34. The number of Topliss-reactive ketones (excluding diaryl/α,β-unsaturated/α-hetero) is 1. The molecule has 0 aromatic heterocycles. The minimum Gasteiger partial charge on any atom is -0.456 e. The molecule has 1 heterocycles. The molecule has 2 aliphatic carbocycles. The summed E-state index contributed by atoms with van der Waals surface area (Å²) in [6.45, 7) is 1.65. The molecule has 5 heteroatoms. The van der Waals surface area contributed by atoms with Crippen molar-refractivity contribution in [1.82, 2.24) is 0 Å². The van der Waals surface area contributed by atoms with Gasteiger partial charge in [-0.15, -0.1) is 0 Å². The molecule has 1 N–H and O–H groups in total. The lowest BCUT2D eigenvalue weighted by Crippen LogP contribution is -2.40. The second-order valence-corrected chi connectivity index (χ2v) is 5.22. The summed E-state index contributed by atoms with van der Waals surface area (Å²) in [5.41, 5.74) is 1.06. The van der Waals surface area contributed by atoms with E-state index in [2.05, 4.69) is 0 Å². The van der Waals surface area contributed by atoms with Gasteiger partial charge in [0.15, 0.2) is 0 Å². The lowest BCUT2D eigenvalue weighted by atomic mass is 9.93. The Morgan fingerprint density at radius 2 is 2.11 bits per heavy atom. The molecule has 3 rings (SSSR count). The van der Waals surface area contributed by atoms with E-state index in [1.807, 2.05) is 0 Å². The molecule has 98 valence electrons. The molecule has 0 radical (unpaired) electrons. The molecule has 0 saturated heterocycles. The highest BCUT2D eigenvalue weighted by Gasteiger charge is 2.56. The fraction of sp³-hybridized carbons (Fsp3) is 0.692. The van der Waals surface area contributed by atoms with Crippen molar-refractivity contribution >= 4 is 11.8 Å². The lowest BCUT2D eigenvalue weighted by molar-refractivity contribution is -0.151. The van der Waals surface area contributed by atoms with Crippen molar-refractivity contribution in [3.63, 3.8) is 0 Å². The highest BCUT2D eigenvalue weighted by Crippen LogP contribution is 2.50. The maximum atomic E-state index is 12.0. The van der Waals surface area contributed by atoms with E-state index in [-0.39, 0.29) is 17.6 Å². The Hall–Kier alpha value is -1.20. The number of rotatable bonds is 1. The minimum absolute atomic E-state index is 0.119. The van der Waals surface area contributed by atoms with Crippen LogP contribution in [0.15, 0.2) is 11.1 Å². The Morgan fingerprint density at radius 1 is 1.39 bits per heavy atom. The molecule has 0 aromatic rings. The Morgan fingerprint density at radius 3 is 2.78 bits per heavy atom. The van der Waals surface area contributed by atoms with Crippen LogP contribution >= 0.6 is 0 Å². The van der Waals surface area contributed by atoms with Crippen molar-refractivity contribution in [3.8, 4) is 0 Å². The average molecular weight is 252 g/mol. The van der Waals surface area contributed by atoms with Crippen molar-refractivity contribution < 1.29 is 24.2 Å². The van der Waals surface area contributed by atoms with Crippen LogP contribution in [0.2, 0.25) is 0 Å². The lowest BCUT2D eigenvalue weighted by Gasteiger charge is -2.30. The maximum Gasteiger partial charge on any atom is 0.334 e. The zero-order valence-corrected chi connectivity index (χ0v) is 10.4. The largest absolute Gasteiger partial charge is 0.456 e. The Kier molecular flexibility index (Phi) is 2.57. The van der Waals surface area contributed by atoms with Crippen LogP contribution < -0.4 is 0 Å². The molecule has 1 aliphatic heterocycles. The summed E-state index contributed by atoms with van der Waals surface area (Å²) in [6, 6.07) is 0. The first-order valence-corrected chi connectivity index (χ1v) is 6.24. The second kappa shape index (κ2) is 3.90. The van der Waals surface area contributed by atoms with E-state index in [0.29, 0.717) is 24.0 Å². The molecule has 0 spiro atoms. The van der Waals surface area contributed by atoms with Crippen LogP contribution in [0.4, 0.5) is 0 Å². The predicted molar refractivity (Wildman–Crippen MR) is 60.6 cm³/mol. The van der Waals surface area contributed by atoms with Crippen LogP contribution in [0.1, 0.15) is 19.8 Å².